The number of nitrogens with one attached hydrogen (secondary N) is 1. The second kappa shape index (κ2) is 9.33. The molecule has 0 rings (SSSR count). The molecule has 17 heavy (non-hydrogen) atoms. The monoisotopic (exact) mass is 261 g/mol. The van der Waals surface area contributed by atoms with E-state index in [2.05, 4.69) is 12.2 Å². The fourth-order valence-corrected chi connectivity index (χ4v) is 2.22. The minimum absolute atomic E-state index is 0.0444. The third-order valence-corrected chi connectivity index (χ3v) is 3.71. The predicted molar refractivity (Wildman–Crippen MR) is 71.3 cm³/mol. The number of rotatable bonds is 9. The van der Waals surface area contributed by atoms with Crippen LogP contribution in [0.5, 0.6) is 0 Å². The smallest absolute Gasteiger partial charge is 0.326 e. The molecule has 2 atom stereocenters. The average Bonchev–Trinajstić information content (AvgIpc) is 2.30. The maximum absolute atomic E-state index is 11.5. The van der Waals surface area contributed by atoms with E-state index in [0.29, 0.717) is 5.75 Å². The second-order valence-electron chi connectivity index (χ2n) is 4.18. The molecule has 0 saturated carbocycles. The van der Waals surface area contributed by atoms with Crippen molar-refractivity contribution in [3.05, 3.63) is 0 Å². The van der Waals surface area contributed by atoms with Crippen LogP contribution in [-0.4, -0.2) is 34.5 Å². The Morgan fingerprint density at radius 1 is 1.35 bits per heavy atom. The summed E-state index contributed by atoms with van der Waals surface area (Å²) >= 11 is 1.55. The summed E-state index contributed by atoms with van der Waals surface area (Å²) in [4.78, 5) is 22.5. The van der Waals surface area contributed by atoms with Gasteiger partial charge in [0.05, 0.1) is 5.75 Å². The third kappa shape index (κ3) is 7.26. The first-order valence-corrected chi connectivity index (χ1v) is 7.28. The number of unbranched alkanes of at least 4 members (excludes halogenated alkanes) is 1. The van der Waals surface area contributed by atoms with E-state index in [1.165, 1.54) is 0 Å². The normalized spacial score (nSPS) is 14.1. The number of amides is 1. The fraction of sp³-hybridized carbons (Fsp3) is 0.833. The van der Waals surface area contributed by atoms with Gasteiger partial charge in [-0.2, -0.15) is 11.8 Å². The number of carboxylic acids is 1. The lowest BCUT2D eigenvalue weighted by Crippen LogP contribution is -2.45. The molecule has 5 heteroatoms. The van der Waals surface area contributed by atoms with Crippen molar-refractivity contribution in [2.24, 2.45) is 5.92 Å². The summed E-state index contributed by atoms with van der Waals surface area (Å²) in [5, 5.41) is 11.6. The van der Waals surface area contributed by atoms with E-state index >= 15 is 0 Å². The average molecular weight is 261 g/mol. The van der Waals surface area contributed by atoms with Crippen LogP contribution in [0.15, 0.2) is 0 Å². The quantitative estimate of drug-likeness (QED) is 0.624. The molecule has 0 aromatic carbocycles. The summed E-state index contributed by atoms with van der Waals surface area (Å²) in [5.41, 5.74) is 0. The molecule has 4 nitrogen and oxygen atoms in total. The van der Waals surface area contributed by atoms with E-state index in [1.54, 1.807) is 11.8 Å². The van der Waals surface area contributed by atoms with Gasteiger partial charge in [-0.1, -0.05) is 33.6 Å². The van der Waals surface area contributed by atoms with Gasteiger partial charge in [-0.15, -0.1) is 0 Å². The van der Waals surface area contributed by atoms with Crippen LogP contribution in [0.2, 0.25) is 0 Å². The van der Waals surface area contributed by atoms with Crippen molar-refractivity contribution in [3.8, 4) is 0 Å². The van der Waals surface area contributed by atoms with Gasteiger partial charge in [-0.25, -0.2) is 4.79 Å². The molecule has 0 spiro atoms. The van der Waals surface area contributed by atoms with E-state index in [4.69, 9.17) is 5.11 Å². The molecule has 0 aliphatic carbocycles. The van der Waals surface area contributed by atoms with Crippen molar-refractivity contribution in [1.82, 2.24) is 5.32 Å². The van der Waals surface area contributed by atoms with E-state index < -0.39 is 12.0 Å². The Balaban J connectivity index is 4.00. The Hall–Kier alpha value is -0.710. The second-order valence-corrected chi connectivity index (χ2v) is 5.28. The zero-order valence-electron chi connectivity index (χ0n) is 10.9. The Labute approximate surface area is 108 Å². The molecule has 0 aliphatic rings. The number of carbonyl (C=O) groups is 2. The lowest BCUT2D eigenvalue weighted by Gasteiger charge is -2.19. The lowest BCUT2D eigenvalue weighted by atomic mass is 9.99. The molecule has 0 aromatic heterocycles. The highest BCUT2D eigenvalue weighted by Crippen LogP contribution is 2.09. The summed E-state index contributed by atoms with van der Waals surface area (Å²) in [6.07, 6.45) is 2.94. The van der Waals surface area contributed by atoms with E-state index in [0.717, 1.165) is 25.0 Å². The molecule has 0 aromatic rings. The van der Waals surface area contributed by atoms with Gasteiger partial charge in [0.25, 0.3) is 0 Å². The van der Waals surface area contributed by atoms with Crippen LogP contribution in [-0.2, 0) is 9.59 Å². The highest BCUT2D eigenvalue weighted by molar-refractivity contribution is 7.99. The maximum atomic E-state index is 11.5. The van der Waals surface area contributed by atoms with Crippen molar-refractivity contribution in [2.45, 2.75) is 46.1 Å². The molecule has 2 N–H and O–H groups in total. The highest BCUT2D eigenvalue weighted by Gasteiger charge is 2.24. The molecule has 100 valence electrons. The number of aliphatic carboxylic acids is 1. The van der Waals surface area contributed by atoms with Crippen molar-refractivity contribution in [3.63, 3.8) is 0 Å². The van der Waals surface area contributed by atoms with Crippen molar-refractivity contribution in [1.29, 1.82) is 0 Å². The van der Waals surface area contributed by atoms with E-state index in [-0.39, 0.29) is 11.8 Å². The minimum atomic E-state index is -0.953. The molecule has 0 fully saturated rings. The summed E-state index contributed by atoms with van der Waals surface area (Å²) in [5.74, 6) is 0.118. The summed E-state index contributed by atoms with van der Waals surface area (Å²) in [6, 6.07) is -0.765. The van der Waals surface area contributed by atoms with Crippen LogP contribution < -0.4 is 5.32 Å². The minimum Gasteiger partial charge on any atom is -0.480 e. The Bertz CT molecular complexity index is 246. The van der Waals surface area contributed by atoms with Crippen LogP contribution in [0.25, 0.3) is 0 Å². The highest BCUT2D eigenvalue weighted by atomic mass is 32.2. The van der Waals surface area contributed by atoms with E-state index in [1.807, 2.05) is 13.8 Å². The zero-order chi connectivity index (χ0) is 13.3. The van der Waals surface area contributed by atoms with Crippen LogP contribution in [0.4, 0.5) is 0 Å². The standard InChI is InChI=1S/C12H23NO3S/c1-4-6-7-17-8-10(14)13-11(12(15)16)9(3)5-2/h9,11H,4-8H2,1-3H3,(H,13,14)(H,15,16)/t9?,11-/m0/s1. The molecular weight excluding hydrogens is 238 g/mol. The number of carbonyl (C=O) groups excluding carboxylic acids is 1. The number of thioether (sulfide) groups is 1. The zero-order valence-corrected chi connectivity index (χ0v) is 11.7. The van der Waals surface area contributed by atoms with E-state index in [9.17, 15) is 9.59 Å². The molecular formula is C12H23NO3S. The van der Waals surface area contributed by atoms with Crippen LogP contribution >= 0.6 is 11.8 Å². The Morgan fingerprint density at radius 2 is 2.00 bits per heavy atom. The molecule has 1 amide bonds. The first kappa shape index (κ1) is 16.3. The van der Waals surface area contributed by atoms with Crippen molar-refractivity contribution < 1.29 is 14.7 Å². The van der Waals surface area contributed by atoms with Gasteiger partial charge in [-0.05, 0) is 18.1 Å². The van der Waals surface area contributed by atoms with Gasteiger partial charge >= 0.3 is 5.97 Å². The van der Waals surface area contributed by atoms with Gasteiger partial charge in [0.1, 0.15) is 6.04 Å². The lowest BCUT2D eigenvalue weighted by molar-refractivity contribution is -0.143. The first-order chi connectivity index (χ1) is 8.02. The maximum Gasteiger partial charge on any atom is 0.326 e. The Kier molecular flexibility index (Phi) is 8.94. The van der Waals surface area contributed by atoms with Gasteiger partial charge in [0.2, 0.25) is 5.91 Å². The van der Waals surface area contributed by atoms with Gasteiger partial charge < -0.3 is 10.4 Å². The molecule has 1 unspecified atom stereocenters. The van der Waals surface area contributed by atoms with Gasteiger partial charge in [0, 0.05) is 0 Å². The number of hydrogen-bond donors (Lipinski definition) is 2. The topological polar surface area (TPSA) is 66.4 Å². The largest absolute Gasteiger partial charge is 0.480 e. The number of carboxylic acid groups (broad SMARTS) is 1. The molecule has 0 radical (unpaired) electrons. The fourth-order valence-electron chi connectivity index (χ4n) is 1.31. The molecule has 0 heterocycles. The summed E-state index contributed by atoms with van der Waals surface area (Å²) in [6.45, 7) is 5.86. The van der Waals surface area contributed by atoms with Crippen LogP contribution in [0, 0.1) is 5.92 Å². The van der Waals surface area contributed by atoms with Gasteiger partial charge in [0.15, 0.2) is 0 Å². The summed E-state index contributed by atoms with van der Waals surface area (Å²) < 4.78 is 0. The van der Waals surface area contributed by atoms with Crippen molar-refractivity contribution in [2.75, 3.05) is 11.5 Å². The van der Waals surface area contributed by atoms with Crippen molar-refractivity contribution >= 4 is 23.6 Å². The number of hydrogen-bond acceptors (Lipinski definition) is 3. The molecule has 0 aliphatic heterocycles. The Morgan fingerprint density at radius 3 is 2.47 bits per heavy atom. The van der Waals surface area contributed by atoms with Crippen LogP contribution in [0.1, 0.15) is 40.0 Å². The van der Waals surface area contributed by atoms with Gasteiger partial charge in [-0.3, -0.25) is 4.79 Å². The predicted octanol–water partition coefficient (Wildman–Crippen LogP) is 2.14. The first-order valence-electron chi connectivity index (χ1n) is 6.12. The third-order valence-electron chi connectivity index (χ3n) is 2.67. The molecule has 0 bridgehead atoms. The summed E-state index contributed by atoms with van der Waals surface area (Å²) in [7, 11) is 0. The SMILES string of the molecule is CCCCSCC(=O)N[C@H](C(=O)O)C(C)CC. The molecule has 0 saturated heterocycles. The van der Waals surface area contributed by atoms with Crippen LogP contribution in [0.3, 0.4) is 0 Å².